The van der Waals surface area contributed by atoms with E-state index in [1.807, 2.05) is 0 Å². The summed E-state index contributed by atoms with van der Waals surface area (Å²) in [6, 6.07) is 0.523. The minimum absolute atomic E-state index is 0.307. The maximum atomic E-state index is 5.79. The van der Waals surface area contributed by atoms with E-state index in [2.05, 4.69) is 17.4 Å². The van der Waals surface area contributed by atoms with Crippen LogP contribution in [0, 0.1) is 0 Å². The highest BCUT2D eigenvalue weighted by Crippen LogP contribution is 2.39. The number of aromatic nitrogens is 2. The van der Waals surface area contributed by atoms with Gasteiger partial charge in [-0.15, -0.1) is 0 Å². The number of piperidine rings is 1. The van der Waals surface area contributed by atoms with Crippen molar-refractivity contribution in [2.75, 3.05) is 13.7 Å². The average molecular weight is 279 g/mol. The molecule has 1 saturated carbocycles. The lowest BCUT2D eigenvalue weighted by Gasteiger charge is -2.32. The molecule has 2 unspecified atom stereocenters. The van der Waals surface area contributed by atoms with E-state index in [0.29, 0.717) is 12.0 Å². The molecule has 1 saturated heterocycles. The smallest absolute Gasteiger partial charge is 0.229 e. The Kier molecular flexibility index (Phi) is 4.08. The first-order chi connectivity index (χ1) is 9.73. The topological polar surface area (TPSA) is 60.2 Å². The van der Waals surface area contributed by atoms with Crippen LogP contribution in [-0.2, 0) is 10.3 Å². The van der Waals surface area contributed by atoms with Crippen LogP contribution in [0.5, 0.6) is 0 Å². The fraction of sp³-hybridized carbons (Fsp3) is 0.867. The fourth-order valence-electron chi connectivity index (χ4n) is 3.58. The van der Waals surface area contributed by atoms with Gasteiger partial charge in [0.05, 0.1) is 0 Å². The molecule has 2 heterocycles. The zero-order chi connectivity index (χ0) is 14.0. The zero-order valence-electron chi connectivity index (χ0n) is 12.5. The van der Waals surface area contributed by atoms with Crippen molar-refractivity contribution in [3.05, 3.63) is 11.7 Å². The molecule has 1 aliphatic heterocycles. The minimum Gasteiger partial charge on any atom is -0.370 e. The van der Waals surface area contributed by atoms with Gasteiger partial charge in [0.1, 0.15) is 5.60 Å². The van der Waals surface area contributed by atoms with Gasteiger partial charge >= 0.3 is 0 Å². The second-order valence-electron chi connectivity index (χ2n) is 6.29. The summed E-state index contributed by atoms with van der Waals surface area (Å²) < 4.78 is 11.4. The Labute approximate surface area is 120 Å². The van der Waals surface area contributed by atoms with Crippen LogP contribution in [0.4, 0.5) is 0 Å². The maximum Gasteiger partial charge on any atom is 0.229 e. The van der Waals surface area contributed by atoms with Crippen LogP contribution in [0.3, 0.4) is 0 Å². The van der Waals surface area contributed by atoms with Gasteiger partial charge in [0.15, 0.2) is 0 Å². The number of hydrogen-bond acceptors (Lipinski definition) is 5. The second-order valence-corrected chi connectivity index (χ2v) is 6.29. The highest BCUT2D eigenvalue weighted by atomic mass is 16.5. The molecule has 0 amide bonds. The lowest BCUT2D eigenvalue weighted by atomic mass is 9.84. The Hall–Kier alpha value is -0.940. The molecule has 3 rings (SSSR count). The number of methoxy groups -OCH3 is 1. The van der Waals surface area contributed by atoms with Crippen molar-refractivity contribution in [3.8, 4) is 0 Å². The molecule has 2 fully saturated rings. The van der Waals surface area contributed by atoms with E-state index >= 15 is 0 Å². The Morgan fingerprint density at radius 1 is 1.30 bits per heavy atom. The van der Waals surface area contributed by atoms with E-state index in [4.69, 9.17) is 14.2 Å². The number of rotatable bonds is 3. The molecule has 0 radical (unpaired) electrons. The van der Waals surface area contributed by atoms with Crippen LogP contribution < -0.4 is 5.32 Å². The molecule has 0 bridgehead atoms. The predicted octanol–water partition coefficient (Wildman–Crippen LogP) is 2.73. The Morgan fingerprint density at radius 2 is 2.10 bits per heavy atom. The minimum atomic E-state index is -0.307. The van der Waals surface area contributed by atoms with Crippen molar-refractivity contribution >= 4 is 0 Å². The van der Waals surface area contributed by atoms with E-state index in [0.717, 1.165) is 43.9 Å². The lowest BCUT2D eigenvalue weighted by Crippen LogP contribution is -2.35. The standard InChI is InChI=1S/C15H25N3O2/c1-11-10-12(6-9-16-11)13-17-14(18-20-13)15(19-2)7-4-3-5-8-15/h11-12,16H,3-10H2,1-2H3. The SMILES string of the molecule is COC1(c2noc(C3CCNC(C)C3)n2)CCCCC1. The first kappa shape index (κ1) is 14.0. The fourth-order valence-corrected chi connectivity index (χ4v) is 3.58. The van der Waals surface area contributed by atoms with Crippen LogP contribution in [0.2, 0.25) is 0 Å². The van der Waals surface area contributed by atoms with Gasteiger partial charge in [0, 0.05) is 19.1 Å². The number of ether oxygens (including phenoxy) is 1. The summed E-state index contributed by atoms with van der Waals surface area (Å²) >= 11 is 0. The summed E-state index contributed by atoms with van der Waals surface area (Å²) in [5.74, 6) is 1.96. The monoisotopic (exact) mass is 279 g/mol. The summed E-state index contributed by atoms with van der Waals surface area (Å²) in [5, 5.41) is 7.71. The van der Waals surface area contributed by atoms with Crippen molar-refractivity contribution in [1.82, 2.24) is 15.5 Å². The highest BCUT2D eigenvalue weighted by Gasteiger charge is 2.39. The summed E-state index contributed by atoms with van der Waals surface area (Å²) in [5.41, 5.74) is -0.307. The van der Waals surface area contributed by atoms with Crippen molar-refractivity contribution in [1.29, 1.82) is 0 Å². The molecule has 20 heavy (non-hydrogen) atoms. The van der Waals surface area contributed by atoms with Crippen LogP contribution in [-0.4, -0.2) is 29.8 Å². The third kappa shape index (κ3) is 2.61. The van der Waals surface area contributed by atoms with Crippen molar-refractivity contribution < 1.29 is 9.26 Å². The van der Waals surface area contributed by atoms with Gasteiger partial charge in [-0.1, -0.05) is 24.4 Å². The summed E-state index contributed by atoms with van der Waals surface area (Å²) in [4.78, 5) is 4.70. The van der Waals surface area contributed by atoms with E-state index in [1.54, 1.807) is 7.11 Å². The van der Waals surface area contributed by atoms with E-state index in [-0.39, 0.29) is 5.60 Å². The first-order valence-corrected chi connectivity index (χ1v) is 7.86. The molecule has 112 valence electrons. The van der Waals surface area contributed by atoms with Gasteiger partial charge < -0.3 is 14.6 Å². The van der Waals surface area contributed by atoms with Gasteiger partial charge in [-0.2, -0.15) is 4.98 Å². The first-order valence-electron chi connectivity index (χ1n) is 7.86. The summed E-state index contributed by atoms with van der Waals surface area (Å²) in [7, 11) is 1.77. The summed E-state index contributed by atoms with van der Waals surface area (Å²) in [6.45, 7) is 3.24. The van der Waals surface area contributed by atoms with Crippen molar-refractivity contribution in [3.63, 3.8) is 0 Å². The van der Waals surface area contributed by atoms with Gasteiger partial charge in [0.2, 0.25) is 11.7 Å². The molecule has 1 aliphatic carbocycles. The molecule has 0 aromatic carbocycles. The third-order valence-electron chi connectivity index (χ3n) is 4.87. The van der Waals surface area contributed by atoms with Crippen LogP contribution in [0.15, 0.2) is 4.52 Å². The second kappa shape index (κ2) is 5.82. The lowest BCUT2D eigenvalue weighted by molar-refractivity contribution is -0.0527. The molecular weight excluding hydrogens is 254 g/mol. The number of nitrogens with one attached hydrogen (secondary N) is 1. The molecular formula is C15H25N3O2. The molecule has 1 aromatic rings. The third-order valence-corrected chi connectivity index (χ3v) is 4.87. The molecule has 2 aliphatic rings. The largest absolute Gasteiger partial charge is 0.370 e. The van der Waals surface area contributed by atoms with Gasteiger partial charge in [0.25, 0.3) is 0 Å². The average Bonchev–Trinajstić information content (AvgIpc) is 2.98. The van der Waals surface area contributed by atoms with Crippen LogP contribution in [0.1, 0.15) is 69.5 Å². The molecule has 1 N–H and O–H groups in total. The Balaban J connectivity index is 1.78. The van der Waals surface area contributed by atoms with Gasteiger partial charge in [-0.3, -0.25) is 0 Å². The highest BCUT2D eigenvalue weighted by molar-refractivity contribution is 5.06. The Bertz CT molecular complexity index is 440. The van der Waals surface area contributed by atoms with Crippen molar-refractivity contribution in [2.45, 2.75) is 69.4 Å². The predicted molar refractivity (Wildman–Crippen MR) is 75.5 cm³/mol. The molecule has 5 nitrogen and oxygen atoms in total. The normalized spacial score (nSPS) is 30.3. The van der Waals surface area contributed by atoms with Crippen LogP contribution >= 0.6 is 0 Å². The quantitative estimate of drug-likeness (QED) is 0.922. The molecule has 0 spiro atoms. The Morgan fingerprint density at radius 3 is 2.80 bits per heavy atom. The van der Waals surface area contributed by atoms with Gasteiger partial charge in [-0.25, -0.2) is 0 Å². The summed E-state index contributed by atoms with van der Waals surface area (Å²) in [6.07, 6.45) is 7.80. The van der Waals surface area contributed by atoms with E-state index < -0.39 is 0 Å². The van der Waals surface area contributed by atoms with E-state index in [1.165, 1.54) is 19.3 Å². The maximum absolute atomic E-state index is 5.79. The van der Waals surface area contributed by atoms with Gasteiger partial charge in [-0.05, 0) is 39.2 Å². The number of nitrogens with zero attached hydrogens (tertiary/aromatic N) is 2. The number of hydrogen-bond donors (Lipinski definition) is 1. The molecule has 5 heteroatoms. The van der Waals surface area contributed by atoms with Crippen LogP contribution in [0.25, 0.3) is 0 Å². The molecule has 1 aromatic heterocycles. The zero-order valence-corrected chi connectivity index (χ0v) is 12.5. The van der Waals surface area contributed by atoms with Crippen molar-refractivity contribution in [2.24, 2.45) is 0 Å². The van der Waals surface area contributed by atoms with E-state index in [9.17, 15) is 0 Å². The molecule has 2 atom stereocenters.